The van der Waals surface area contributed by atoms with Crippen LogP contribution < -0.4 is 20.1 Å². The van der Waals surface area contributed by atoms with Gasteiger partial charge >= 0.3 is 0 Å². The standard InChI is InChI=1S/C23H23N3O4S/c1-3-30-20-10-5-4-9-17(20)18-12-21(27)26-23(19(18)13-24)31-14-22(28)25-15-7-6-8-16(11-15)29-2/h4-11,18H,3,12,14H2,1-2H3,(H,25,28)(H,26,27). The first-order chi connectivity index (χ1) is 15.0. The Balaban J connectivity index is 1.78. The lowest BCUT2D eigenvalue weighted by Crippen LogP contribution is -2.31. The average Bonchev–Trinajstić information content (AvgIpc) is 2.78. The number of rotatable bonds is 8. The van der Waals surface area contributed by atoms with Crippen molar-refractivity contribution in [2.45, 2.75) is 19.3 Å². The van der Waals surface area contributed by atoms with Gasteiger partial charge in [0.1, 0.15) is 11.5 Å². The number of nitrogens with zero attached hydrogens (tertiary/aromatic N) is 1. The van der Waals surface area contributed by atoms with Gasteiger partial charge in [0.25, 0.3) is 0 Å². The fraction of sp³-hybridized carbons (Fsp3) is 0.261. The SMILES string of the molecule is CCOc1ccccc1C1CC(=O)NC(SCC(=O)Nc2cccc(OC)c2)=C1C#N. The fourth-order valence-electron chi connectivity index (χ4n) is 3.29. The lowest BCUT2D eigenvalue weighted by molar-refractivity contribution is -0.121. The first-order valence-electron chi connectivity index (χ1n) is 9.78. The number of nitrogens with one attached hydrogen (secondary N) is 2. The molecule has 2 amide bonds. The second kappa shape index (κ2) is 10.5. The summed E-state index contributed by atoms with van der Waals surface area (Å²) in [6.07, 6.45) is 0.146. The fourth-order valence-corrected chi connectivity index (χ4v) is 4.17. The second-order valence-electron chi connectivity index (χ2n) is 6.70. The van der Waals surface area contributed by atoms with E-state index in [0.717, 1.165) is 17.3 Å². The van der Waals surface area contributed by atoms with Crippen molar-refractivity contribution in [3.8, 4) is 17.6 Å². The Morgan fingerprint density at radius 3 is 2.84 bits per heavy atom. The first-order valence-corrected chi connectivity index (χ1v) is 10.8. The number of ether oxygens (including phenoxy) is 2. The second-order valence-corrected chi connectivity index (χ2v) is 7.68. The largest absolute Gasteiger partial charge is 0.497 e. The molecule has 0 radical (unpaired) electrons. The van der Waals surface area contributed by atoms with Crippen LogP contribution in [0.15, 0.2) is 59.1 Å². The average molecular weight is 438 g/mol. The van der Waals surface area contributed by atoms with Crippen LogP contribution in [0.25, 0.3) is 0 Å². The first kappa shape index (κ1) is 22.2. The number of benzene rings is 2. The summed E-state index contributed by atoms with van der Waals surface area (Å²) < 4.78 is 10.8. The van der Waals surface area contributed by atoms with Crippen LogP contribution in [-0.2, 0) is 9.59 Å². The van der Waals surface area contributed by atoms with E-state index in [2.05, 4.69) is 16.7 Å². The molecule has 1 atom stereocenters. The molecule has 2 N–H and O–H groups in total. The van der Waals surface area contributed by atoms with Gasteiger partial charge in [-0.05, 0) is 25.1 Å². The predicted molar refractivity (Wildman–Crippen MR) is 120 cm³/mol. The van der Waals surface area contributed by atoms with Gasteiger partial charge in [0, 0.05) is 29.7 Å². The van der Waals surface area contributed by atoms with E-state index >= 15 is 0 Å². The van der Waals surface area contributed by atoms with Crippen LogP contribution in [0.2, 0.25) is 0 Å². The number of carbonyl (C=O) groups excluding carboxylic acids is 2. The van der Waals surface area contributed by atoms with Crippen molar-refractivity contribution in [3.63, 3.8) is 0 Å². The number of methoxy groups -OCH3 is 1. The van der Waals surface area contributed by atoms with Crippen molar-refractivity contribution in [2.75, 3.05) is 24.8 Å². The third kappa shape index (κ3) is 5.58. The summed E-state index contributed by atoms with van der Waals surface area (Å²) >= 11 is 1.13. The highest BCUT2D eigenvalue weighted by Gasteiger charge is 2.31. The number of anilines is 1. The Bertz CT molecular complexity index is 1050. The number of hydrogen-bond acceptors (Lipinski definition) is 6. The summed E-state index contributed by atoms with van der Waals surface area (Å²) in [5.74, 6) is 0.441. The molecule has 3 rings (SSSR count). The molecule has 31 heavy (non-hydrogen) atoms. The molecular formula is C23H23N3O4S. The number of para-hydroxylation sites is 1. The van der Waals surface area contributed by atoms with Gasteiger partial charge in [-0.15, -0.1) is 0 Å². The zero-order valence-corrected chi connectivity index (χ0v) is 18.1. The number of hydrogen-bond donors (Lipinski definition) is 2. The normalized spacial score (nSPS) is 15.6. The molecule has 0 bridgehead atoms. The van der Waals surface area contributed by atoms with Crippen LogP contribution in [0.5, 0.6) is 11.5 Å². The predicted octanol–water partition coefficient (Wildman–Crippen LogP) is 3.80. The molecule has 8 heteroatoms. The van der Waals surface area contributed by atoms with Gasteiger partial charge in [-0.1, -0.05) is 36.0 Å². The van der Waals surface area contributed by atoms with Gasteiger partial charge in [-0.3, -0.25) is 9.59 Å². The van der Waals surface area contributed by atoms with Crippen LogP contribution in [0.4, 0.5) is 5.69 Å². The molecule has 0 aromatic heterocycles. The lowest BCUT2D eigenvalue weighted by Gasteiger charge is -2.26. The zero-order chi connectivity index (χ0) is 22.2. The van der Waals surface area contributed by atoms with E-state index < -0.39 is 5.92 Å². The number of amides is 2. The van der Waals surface area contributed by atoms with Crippen molar-refractivity contribution in [3.05, 3.63) is 64.7 Å². The monoisotopic (exact) mass is 437 g/mol. The maximum atomic E-state index is 12.4. The number of thioether (sulfide) groups is 1. The molecule has 1 heterocycles. The molecule has 0 spiro atoms. The molecule has 2 aromatic rings. The molecule has 0 aliphatic carbocycles. The van der Waals surface area contributed by atoms with Gasteiger partial charge < -0.3 is 20.1 Å². The van der Waals surface area contributed by atoms with Crippen molar-refractivity contribution in [2.24, 2.45) is 0 Å². The van der Waals surface area contributed by atoms with Crippen molar-refractivity contribution >= 4 is 29.3 Å². The molecule has 1 aliphatic rings. The lowest BCUT2D eigenvalue weighted by atomic mass is 9.86. The van der Waals surface area contributed by atoms with Crippen LogP contribution >= 0.6 is 11.8 Å². The Morgan fingerprint density at radius 1 is 1.29 bits per heavy atom. The topological polar surface area (TPSA) is 100 Å². The van der Waals surface area contributed by atoms with Gasteiger partial charge in [0.15, 0.2) is 0 Å². The minimum Gasteiger partial charge on any atom is -0.497 e. The highest BCUT2D eigenvalue weighted by molar-refractivity contribution is 8.03. The molecule has 1 aliphatic heterocycles. The van der Waals surface area contributed by atoms with E-state index in [1.807, 2.05) is 31.2 Å². The molecular weight excluding hydrogens is 414 g/mol. The van der Waals surface area contributed by atoms with E-state index in [4.69, 9.17) is 9.47 Å². The van der Waals surface area contributed by atoms with Crippen LogP contribution in [0.1, 0.15) is 24.8 Å². The van der Waals surface area contributed by atoms with Gasteiger partial charge in [0.05, 0.1) is 36.1 Å². The Labute approximate surface area is 185 Å². The van der Waals surface area contributed by atoms with E-state index in [1.54, 1.807) is 31.4 Å². The van der Waals surface area contributed by atoms with E-state index in [9.17, 15) is 14.9 Å². The van der Waals surface area contributed by atoms with E-state index in [1.165, 1.54) is 0 Å². The van der Waals surface area contributed by atoms with Crippen molar-refractivity contribution in [1.82, 2.24) is 5.32 Å². The van der Waals surface area contributed by atoms with Crippen LogP contribution in [0, 0.1) is 11.3 Å². The Kier molecular flexibility index (Phi) is 7.57. The highest BCUT2D eigenvalue weighted by Crippen LogP contribution is 2.39. The molecule has 1 unspecified atom stereocenters. The quantitative estimate of drug-likeness (QED) is 0.651. The molecule has 0 fully saturated rings. The van der Waals surface area contributed by atoms with Crippen molar-refractivity contribution < 1.29 is 19.1 Å². The van der Waals surface area contributed by atoms with E-state index in [-0.39, 0.29) is 24.0 Å². The Hall–Kier alpha value is -3.44. The van der Waals surface area contributed by atoms with Gasteiger partial charge in [-0.2, -0.15) is 5.26 Å². The number of carbonyl (C=O) groups is 2. The third-order valence-electron chi connectivity index (χ3n) is 4.65. The molecule has 160 valence electrons. The van der Waals surface area contributed by atoms with Crippen LogP contribution in [0.3, 0.4) is 0 Å². The summed E-state index contributed by atoms with van der Waals surface area (Å²) in [5.41, 5.74) is 1.82. The van der Waals surface area contributed by atoms with Crippen LogP contribution in [-0.4, -0.2) is 31.3 Å². The summed E-state index contributed by atoms with van der Waals surface area (Å²) in [5, 5.41) is 15.8. The third-order valence-corrected chi connectivity index (χ3v) is 5.67. The minimum absolute atomic E-state index is 0.0395. The molecule has 0 saturated heterocycles. The highest BCUT2D eigenvalue weighted by atomic mass is 32.2. The smallest absolute Gasteiger partial charge is 0.234 e. The number of nitriles is 1. The summed E-state index contributed by atoms with van der Waals surface area (Å²) in [7, 11) is 1.55. The molecule has 0 saturated carbocycles. The maximum Gasteiger partial charge on any atom is 0.234 e. The summed E-state index contributed by atoms with van der Waals surface area (Å²) in [6.45, 7) is 2.36. The van der Waals surface area contributed by atoms with E-state index in [0.29, 0.717) is 34.4 Å². The zero-order valence-electron chi connectivity index (χ0n) is 17.3. The summed E-state index contributed by atoms with van der Waals surface area (Å²) in [6, 6.07) is 16.7. The maximum absolute atomic E-state index is 12.4. The van der Waals surface area contributed by atoms with Crippen molar-refractivity contribution in [1.29, 1.82) is 5.26 Å². The molecule has 2 aromatic carbocycles. The van der Waals surface area contributed by atoms with Gasteiger partial charge in [-0.25, -0.2) is 0 Å². The summed E-state index contributed by atoms with van der Waals surface area (Å²) in [4.78, 5) is 24.8. The number of allylic oxidation sites excluding steroid dienone is 1. The van der Waals surface area contributed by atoms with Gasteiger partial charge in [0.2, 0.25) is 11.8 Å². The minimum atomic E-state index is -0.426. The Morgan fingerprint density at radius 2 is 2.10 bits per heavy atom. The molecule has 7 nitrogen and oxygen atoms in total.